The average Bonchev–Trinajstić information content (AvgIpc) is 2.72. The maximum Gasteiger partial charge on any atom is 0.257 e. The van der Waals surface area contributed by atoms with Gasteiger partial charge in [0.15, 0.2) is 0 Å². The Balaban J connectivity index is 1.70. The Bertz CT molecular complexity index is 1020. The van der Waals surface area contributed by atoms with Crippen LogP contribution in [0.15, 0.2) is 72.8 Å². The molecule has 3 rings (SSSR count). The van der Waals surface area contributed by atoms with Gasteiger partial charge in [-0.3, -0.25) is 9.59 Å². The van der Waals surface area contributed by atoms with Crippen molar-refractivity contribution < 1.29 is 14.3 Å². The van der Waals surface area contributed by atoms with E-state index < -0.39 is 0 Å². The fourth-order valence-corrected chi connectivity index (χ4v) is 2.92. The number of carbonyl (C=O) groups excluding carboxylic acids is 2. The SMILES string of the molecule is Cc1cccc(NC(=O)CN(C)C(=O)c2ccccc2Oc2ccccc2)c1C. The van der Waals surface area contributed by atoms with Crippen LogP contribution in [-0.2, 0) is 4.79 Å². The highest BCUT2D eigenvalue weighted by molar-refractivity contribution is 6.01. The molecule has 3 aromatic carbocycles. The van der Waals surface area contributed by atoms with E-state index in [9.17, 15) is 9.59 Å². The minimum atomic E-state index is -0.285. The number of carbonyl (C=O) groups is 2. The molecule has 0 unspecified atom stereocenters. The number of hydrogen-bond acceptors (Lipinski definition) is 3. The zero-order chi connectivity index (χ0) is 20.8. The normalized spacial score (nSPS) is 10.3. The molecule has 0 aromatic heterocycles. The van der Waals surface area contributed by atoms with Gasteiger partial charge in [-0.2, -0.15) is 0 Å². The lowest BCUT2D eigenvalue weighted by Gasteiger charge is -2.19. The molecule has 0 bridgehead atoms. The van der Waals surface area contributed by atoms with Crippen molar-refractivity contribution in [1.29, 1.82) is 0 Å². The van der Waals surface area contributed by atoms with E-state index in [-0.39, 0.29) is 18.4 Å². The van der Waals surface area contributed by atoms with E-state index in [4.69, 9.17) is 4.74 Å². The number of anilines is 1. The van der Waals surface area contributed by atoms with Crippen LogP contribution in [-0.4, -0.2) is 30.3 Å². The Morgan fingerprint density at radius 1 is 0.897 bits per heavy atom. The number of amides is 2. The predicted octanol–water partition coefficient (Wildman–Crippen LogP) is 4.81. The van der Waals surface area contributed by atoms with Crippen LogP contribution in [0.3, 0.4) is 0 Å². The molecule has 3 aromatic rings. The minimum Gasteiger partial charge on any atom is -0.457 e. The fourth-order valence-electron chi connectivity index (χ4n) is 2.92. The molecular weight excluding hydrogens is 364 g/mol. The van der Waals surface area contributed by atoms with Crippen molar-refractivity contribution >= 4 is 17.5 Å². The fraction of sp³-hybridized carbons (Fsp3) is 0.167. The first kappa shape index (κ1) is 20.1. The highest BCUT2D eigenvalue weighted by Crippen LogP contribution is 2.26. The first-order chi connectivity index (χ1) is 14.0. The Morgan fingerprint density at radius 3 is 2.34 bits per heavy atom. The molecule has 0 atom stereocenters. The number of hydrogen-bond donors (Lipinski definition) is 1. The van der Waals surface area contributed by atoms with Gasteiger partial charge >= 0.3 is 0 Å². The standard InChI is InChI=1S/C24H24N2O3/c1-17-10-9-14-21(18(17)2)25-23(27)16-26(3)24(28)20-13-7-8-15-22(20)29-19-11-5-4-6-12-19/h4-15H,16H2,1-3H3,(H,25,27). The van der Waals surface area contributed by atoms with Crippen LogP contribution in [0.1, 0.15) is 21.5 Å². The Kier molecular flexibility index (Phi) is 6.29. The molecule has 0 fully saturated rings. The topological polar surface area (TPSA) is 58.6 Å². The summed E-state index contributed by atoms with van der Waals surface area (Å²) in [6.45, 7) is 3.88. The van der Waals surface area contributed by atoms with Gasteiger partial charge < -0.3 is 15.0 Å². The lowest BCUT2D eigenvalue weighted by molar-refractivity contribution is -0.116. The first-order valence-corrected chi connectivity index (χ1v) is 9.39. The third-order valence-electron chi connectivity index (χ3n) is 4.69. The van der Waals surface area contributed by atoms with Gasteiger partial charge in [-0.1, -0.05) is 42.5 Å². The second kappa shape index (κ2) is 9.06. The van der Waals surface area contributed by atoms with Crippen LogP contribution in [0.25, 0.3) is 0 Å². The summed E-state index contributed by atoms with van der Waals surface area (Å²) in [5.41, 5.74) is 3.26. The van der Waals surface area contributed by atoms with Crippen molar-refractivity contribution in [2.45, 2.75) is 13.8 Å². The molecule has 0 saturated heterocycles. The summed E-state index contributed by atoms with van der Waals surface area (Å²) >= 11 is 0. The Hall–Kier alpha value is -3.60. The van der Waals surface area contributed by atoms with Gasteiger partial charge in [-0.05, 0) is 55.3 Å². The smallest absolute Gasteiger partial charge is 0.257 e. The van der Waals surface area contributed by atoms with Crippen LogP contribution < -0.4 is 10.1 Å². The third kappa shape index (κ3) is 5.02. The zero-order valence-electron chi connectivity index (χ0n) is 16.8. The summed E-state index contributed by atoms with van der Waals surface area (Å²) in [5.74, 6) is 0.553. The van der Waals surface area contributed by atoms with Crippen LogP contribution in [0.5, 0.6) is 11.5 Å². The van der Waals surface area contributed by atoms with Gasteiger partial charge in [0.05, 0.1) is 12.1 Å². The largest absolute Gasteiger partial charge is 0.457 e. The molecule has 2 amide bonds. The molecule has 0 aliphatic carbocycles. The number of rotatable bonds is 6. The van der Waals surface area contributed by atoms with Crippen molar-refractivity contribution in [3.8, 4) is 11.5 Å². The van der Waals surface area contributed by atoms with E-state index in [1.54, 1.807) is 25.2 Å². The number of aryl methyl sites for hydroxylation is 1. The van der Waals surface area contributed by atoms with Crippen LogP contribution in [0, 0.1) is 13.8 Å². The molecular formula is C24H24N2O3. The van der Waals surface area contributed by atoms with Crippen LogP contribution >= 0.6 is 0 Å². The lowest BCUT2D eigenvalue weighted by Crippen LogP contribution is -2.35. The van der Waals surface area contributed by atoms with Gasteiger partial charge in [-0.25, -0.2) is 0 Å². The van der Waals surface area contributed by atoms with Gasteiger partial charge in [0, 0.05) is 12.7 Å². The molecule has 0 radical (unpaired) electrons. The summed E-state index contributed by atoms with van der Waals surface area (Å²) in [6.07, 6.45) is 0. The second-order valence-electron chi connectivity index (χ2n) is 6.87. The molecule has 0 heterocycles. The predicted molar refractivity (Wildman–Crippen MR) is 114 cm³/mol. The van der Waals surface area contributed by atoms with Gasteiger partial charge in [0.25, 0.3) is 5.91 Å². The van der Waals surface area contributed by atoms with Gasteiger partial charge in [0.2, 0.25) is 5.91 Å². The molecule has 5 nitrogen and oxygen atoms in total. The summed E-state index contributed by atoms with van der Waals surface area (Å²) < 4.78 is 5.86. The number of likely N-dealkylation sites (N-methyl/N-ethyl adjacent to an activating group) is 1. The lowest BCUT2D eigenvalue weighted by atomic mass is 10.1. The van der Waals surface area contributed by atoms with E-state index in [0.29, 0.717) is 17.1 Å². The van der Waals surface area contributed by atoms with Crippen molar-refractivity contribution in [2.75, 3.05) is 18.9 Å². The number of nitrogens with zero attached hydrogens (tertiary/aromatic N) is 1. The number of ether oxygens (including phenoxy) is 1. The molecule has 5 heteroatoms. The highest BCUT2D eigenvalue weighted by Gasteiger charge is 2.19. The quantitative estimate of drug-likeness (QED) is 0.659. The minimum absolute atomic E-state index is 0.0636. The number of para-hydroxylation sites is 2. The van der Waals surface area contributed by atoms with E-state index >= 15 is 0 Å². The molecule has 0 spiro atoms. The highest BCUT2D eigenvalue weighted by atomic mass is 16.5. The third-order valence-corrected chi connectivity index (χ3v) is 4.69. The van der Waals surface area contributed by atoms with Crippen LogP contribution in [0.2, 0.25) is 0 Å². The molecule has 0 saturated carbocycles. The average molecular weight is 388 g/mol. The van der Waals surface area contributed by atoms with Crippen molar-refractivity contribution in [1.82, 2.24) is 4.90 Å². The summed E-state index contributed by atoms with van der Waals surface area (Å²) in [7, 11) is 1.60. The van der Waals surface area contributed by atoms with Crippen molar-refractivity contribution in [3.05, 3.63) is 89.5 Å². The first-order valence-electron chi connectivity index (χ1n) is 9.39. The van der Waals surface area contributed by atoms with Crippen molar-refractivity contribution in [2.24, 2.45) is 0 Å². The molecule has 1 N–H and O–H groups in total. The van der Waals surface area contributed by atoms with E-state index in [2.05, 4.69) is 5.32 Å². The second-order valence-corrected chi connectivity index (χ2v) is 6.87. The molecule has 0 aliphatic heterocycles. The number of nitrogens with one attached hydrogen (secondary N) is 1. The van der Waals surface area contributed by atoms with Crippen LogP contribution in [0.4, 0.5) is 5.69 Å². The Labute approximate surface area is 170 Å². The van der Waals surface area contributed by atoms with Crippen molar-refractivity contribution in [3.63, 3.8) is 0 Å². The Morgan fingerprint density at radius 2 is 1.59 bits per heavy atom. The van der Waals surface area contributed by atoms with Gasteiger partial charge in [0.1, 0.15) is 11.5 Å². The van der Waals surface area contributed by atoms with E-state index in [1.807, 2.05) is 68.4 Å². The summed E-state index contributed by atoms with van der Waals surface area (Å²) in [5, 5.41) is 2.88. The van der Waals surface area contributed by atoms with E-state index in [1.165, 1.54) is 4.90 Å². The summed E-state index contributed by atoms with van der Waals surface area (Å²) in [6, 6.07) is 22.0. The summed E-state index contributed by atoms with van der Waals surface area (Å²) in [4.78, 5) is 26.8. The van der Waals surface area contributed by atoms with E-state index in [0.717, 1.165) is 16.8 Å². The monoisotopic (exact) mass is 388 g/mol. The van der Waals surface area contributed by atoms with Gasteiger partial charge in [-0.15, -0.1) is 0 Å². The number of benzene rings is 3. The maximum atomic E-state index is 12.9. The zero-order valence-corrected chi connectivity index (χ0v) is 16.8. The molecule has 148 valence electrons. The molecule has 0 aliphatic rings. The maximum absolute atomic E-state index is 12.9. The molecule has 29 heavy (non-hydrogen) atoms.